The number of aromatic amines is 1. The third-order valence-corrected chi connectivity index (χ3v) is 4.97. The first kappa shape index (κ1) is 21.1. The van der Waals surface area contributed by atoms with Gasteiger partial charge in [0.25, 0.3) is 0 Å². The number of H-pyrrole nitrogens is 1. The molecule has 0 radical (unpaired) electrons. The van der Waals surface area contributed by atoms with Gasteiger partial charge in [0.05, 0.1) is 23.6 Å². The molecule has 2 aromatic heterocycles. The molecular formula is C25H20F2N4O. The first-order valence-corrected chi connectivity index (χ1v) is 10.0. The van der Waals surface area contributed by atoms with Gasteiger partial charge in [-0.3, -0.25) is 14.9 Å². The fourth-order valence-corrected chi connectivity index (χ4v) is 3.45. The van der Waals surface area contributed by atoms with E-state index in [9.17, 15) is 13.6 Å². The van der Waals surface area contributed by atoms with Crippen LogP contribution in [-0.4, -0.2) is 21.1 Å². The van der Waals surface area contributed by atoms with E-state index in [1.165, 1.54) is 6.08 Å². The number of benzene rings is 2. The van der Waals surface area contributed by atoms with Crippen LogP contribution in [0.25, 0.3) is 28.5 Å². The van der Waals surface area contributed by atoms with Gasteiger partial charge in [0.1, 0.15) is 11.6 Å². The summed E-state index contributed by atoms with van der Waals surface area (Å²) in [7, 11) is 0. The molecule has 0 aliphatic carbocycles. The highest BCUT2D eigenvalue weighted by Gasteiger charge is 2.17. The minimum Gasteiger partial charge on any atom is -0.344 e. The number of amides is 1. The van der Waals surface area contributed by atoms with E-state index in [1.807, 2.05) is 30.3 Å². The quantitative estimate of drug-likeness (QED) is 0.408. The molecule has 5 nitrogen and oxygen atoms in total. The van der Waals surface area contributed by atoms with Gasteiger partial charge in [-0.1, -0.05) is 36.4 Å². The third kappa shape index (κ3) is 4.62. The summed E-state index contributed by atoms with van der Waals surface area (Å²) in [6, 6.07) is 15.7. The molecule has 2 heterocycles. The van der Waals surface area contributed by atoms with E-state index in [0.29, 0.717) is 11.3 Å². The van der Waals surface area contributed by atoms with Gasteiger partial charge in [-0.05, 0) is 37.3 Å². The Hall–Kier alpha value is -4.13. The van der Waals surface area contributed by atoms with Crippen molar-refractivity contribution in [3.63, 3.8) is 0 Å². The molecule has 1 atom stereocenters. The summed E-state index contributed by atoms with van der Waals surface area (Å²) in [6.45, 7) is 1.74. The molecule has 160 valence electrons. The van der Waals surface area contributed by atoms with Crippen LogP contribution in [0, 0.1) is 11.6 Å². The highest BCUT2D eigenvalue weighted by Crippen LogP contribution is 2.29. The van der Waals surface area contributed by atoms with E-state index in [2.05, 4.69) is 20.5 Å². The van der Waals surface area contributed by atoms with Crippen molar-refractivity contribution < 1.29 is 13.6 Å². The number of nitrogens with zero attached hydrogens (tertiary/aromatic N) is 2. The maximum Gasteiger partial charge on any atom is 0.244 e. The Balaban J connectivity index is 1.53. The summed E-state index contributed by atoms with van der Waals surface area (Å²) in [4.78, 5) is 16.8. The van der Waals surface area contributed by atoms with Gasteiger partial charge in [-0.2, -0.15) is 5.10 Å². The molecule has 32 heavy (non-hydrogen) atoms. The van der Waals surface area contributed by atoms with Crippen LogP contribution in [0.15, 0.2) is 79.1 Å². The van der Waals surface area contributed by atoms with Crippen molar-refractivity contribution in [1.82, 2.24) is 20.5 Å². The van der Waals surface area contributed by atoms with Gasteiger partial charge in [0.2, 0.25) is 5.91 Å². The van der Waals surface area contributed by atoms with Gasteiger partial charge in [0, 0.05) is 34.5 Å². The molecule has 0 bridgehead atoms. The number of hydrogen-bond acceptors (Lipinski definition) is 3. The minimum absolute atomic E-state index is 0.0932. The molecule has 0 saturated carbocycles. The lowest BCUT2D eigenvalue weighted by molar-refractivity contribution is -0.117. The van der Waals surface area contributed by atoms with E-state index in [1.54, 1.807) is 37.5 Å². The lowest BCUT2D eigenvalue weighted by atomic mass is 10.00. The van der Waals surface area contributed by atoms with Crippen LogP contribution in [-0.2, 0) is 4.79 Å². The monoisotopic (exact) mass is 430 g/mol. The molecular weight excluding hydrogens is 410 g/mol. The highest BCUT2D eigenvalue weighted by atomic mass is 19.1. The van der Waals surface area contributed by atoms with Crippen LogP contribution in [0.1, 0.15) is 24.2 Å². The summed E-state index contributed by atoms with van der Waals surface area (Å²) in [5, 5.41) is 9.83. The summed E-state index contributed by atoms with van der Waals surface area (Å²) in [5.41, 5.74) is 3.47. The zero-order valence-corrected chi connectivity index (χ0v) is 17.2. The first-order chi connectivity index (χ1) is 15.5. The lowest BCUT2D eigenvalue weighted by Crippen LogP contribution is -2.25. The minimum atomic E-state index is -0.563. The Kier molecular flexibility index (Phi) is 6.17. The fraction of sp³-hybridized carbons (Fsp3) is 0.0800. The van der Waals surface area contributed by atoms with Gasteiger partial charge in [-0.15, -0.1) is 0 Å². The second-order valence-corrected chi connectivity index (χ2v) is 7.19. The summed E-state index contributed by atoms with van der Waals surface area (Å²) in [5.74, 6) is -1.47. The van der Waals surface area contributed by atoms with E-state index in [0.717, 1.165) is 35.0 Å². The molecule has 2 N–H and O–H groups in total. The van der Waals surface area contributed by atoms with E-state index in [-0.39, 0.29) is 11.5 Å². The second kappa shape index (κ2) is 9.34. The Labute approximate surface area is 183 Å². The fourth-order valence-electron chi connectivity index (χ4n) is 3.45. The number of rotatable bonds is 6. The SMILES string of the molecule is CC(NC(=O)/C=C/c1cn[nH]c1-c1ccccc1)c1ncccc1-c1cc(F)ccc1F. The van der Waals surface area contributed by atoms with E-state index >= 15 is 0 Å². The van der Waals surface area contributed by atoms with Gasteiger partial charge in [0.15, 0.2) is 0 Å². The molecule has 2 aromatic carbocycles. The Morgan fingerprint density at radius 3 is 2.69 bits per heavy atom. The average molecular weight is 430 g/mol. The molecule has 7 heteroatoms. The van der Waals surface area contributed by atoms with Crippen LogP contribution in [0.5, 0.6) is 0 Å². The van der Waals surface area contributed by atoms with Crippen LogP contribution in [0.2, 0.25) is 0 Å². The molecule has 1 unspecified atom stereocenters. The van der Waals surface area contributed by atoms with Crippen molar-refractivity contribution in [1.29, 1.82) is 0 Å². The van der Waals surface area contributed by atoms with Crippen LogP contribution in [0.3, 0.4) is 0 Å². The predicted octanol–water partition coefficient (Wildman–Crippen LogP) is 5.31. The first-order valence-electron chi connectivity index (χ1n) is 10.0. The predicted molar refractivity (Wildman–Crippen MR) is 119 cm³/mol. The van der Waals surface area contributed by atoms with Crippen molar-refractivity contribution in [3.8, 4) is 22.4 Å². The number of pyridine rings is 1. The zero-order chi connectivity index (χ0) is 22.5. The van der Waals surface area contributed by atoms with Crippen LogP contribution < -0.4 is 5.32 Å². The van der Waals surface area contributed by atoms with E-state index in [4.69, 9.17) is 0 Å². The average Bonchev–Trinajstić information content (AvgIpc) is 3.28. The maximum absolute atomic E-state index is 14.3. The van der Waals surface area contributed by atoms with Gasteiger partial charge >= 0.3 is 0 Å². The van der Waals surface area contributed by atoms with Gasteiger partial charge in [-0.25, -0.2) is 8.78 Å². The second-order valence-electron chi connectivity index (χ2n) is 7.19. The summed E-state index contributed by atoms with van der Waals surface area (Å²) in [6.07, 6.45) is 6.25. The summed E-state index contributed by atoms with van der Waals surface area (Å²) >= 11 is 0. The van der Waals surface area contributed by atoms with Crippen molar-refractivity contribution >= 4 is 12.0 Å². The molecule has 0 aliphatic rings. The normalized spacial score (nSPS) is 12.1. The Morgan fingerprint density at radius 1 is 1.06 bits per heavy atom. The smallest absolute Gasteiger partial charge is 0.244 e. The molecule has 0 aliphatic heterocycles. The number of carbonyl (C=O) groups excluding carboxylic acids is 1. The molecule has 4 rings (SSSR count). The Bertz CT molecular complexity index is 1270. The van der Waals surface area contributed by atoms with Crippen LogP contribution in [0.4, 0.5) is 8.78 Å². The Morgan fingerprint density at radius 2 is 1.88 bits per heavy atom. The number of halogens is 2. The maximum atomic E-state index is 14.3. The highest BCUT2D eigenvalue weighted by molar-refractivity contribution is 5.93. The summed E-state index contributed by atoms with van der Waals surface area (Å²) < 4.78 is 28.0. The van der Waals surface area contributed by atoms with Gasteiger partial charge < -0.3 is 5.32 Å². The van der Waals surface area contributed by atoms with Crippen molar-refractivity contribution in [2.24, 2.45) is 0 Å². The van der Waals surface area contributed by atoms with Crippen molar-refractivity contribution in [3.05, 3.63) is 102 Å². The molecule has 0 fully saturated rings. The van der Waals surface area contributed by atoms with Crippen molar-refractivity contribution in [2.45, 2.75) is 13.0 Å². The van der Waals surface area contributed by atoms with Crippen LogP contribution >= 0.6 is 0 Å². The zero-order valence-electron chi connectivity index (χ0n) is 17.2. The number of carbonyl (C=O) groups is 1. The number of nitrogens with one attached hydrogen (secondary N) is 2. The number of hydrogen-bond donors (Lipinski definition) is 2. The van der Waals surface area contributed by atoms with Crippen molar-refractivity contribution in [2.75, 3.05) is 0 Å². The molecule has 0 spiro atoms. The topological polar surface area (TPSA) is 70.7 Å². The lowest BCUT2D eigenvalue weighted by Gasteiger charge is -2.16. The largest absolute Gasteiger partial charge is 0.344 e. The molecule has 0 saturated heterocycles. The number of aromatic nitrogens is 3. The van der Waals surface area contributed by atoms with E-state index < -0.39 is 17.7 Å². The molecule has 4 aromatic rings. The molecule has 1 amide bonds. The standard InChI is InChI=1S/C25H20F2N4O/c1-16(24-20(8-5-13-28-24)21-14-19(26)10-11-22(21)27)30-23(32)12-9-18-15-29-31-25(18)17-6-3-2-4-7-17/h2-16H,1H3,(H,29,31)(H,30,32)/b12-9+. The third-order valence-electron chi connectivity index (χ3n) is 4.97.